The summed E-state index contributed by atoms with van der Waals surface area (Å²) in [4.78, 5) is 14.6. The summed E-state index contributed by atoms with van der Waals surface area (Å²) in [7, 11) is 0. The number of benzene rings is 2. The molecule has 4 heteroatoms. The fourth-order valence-electron chi connectivity index (χ4n) is 3.62. The molecule has 0 unspecified atom stereocenters. The Bertz CT molecular complexity index is 837. The van der Waals surface area contributed by atoms with E-state index in [1.165, 1.54) is 4.90 Å². The van der Waals surface area contributed by atoms with E-state index in [2.05, 4.69) is 13.8 Å². The quantitative estimate of drug-likeness (QED) is 0.711. The SMILES string of the molecule is CCOc1ccc(/C=C2/C[NH+](C(C)C)C/C(=C/c3ccc(OCC)cc3)C2=O)cc1. The second-order valence-corrected chi connectivity index (χ2v) is 7.84. The average Bonchev–Trinajstić information content (AvgIpc) is 2.74. The van der Waals surface area contributed by atoms with E-state index in [1.54, 1.807) is 0 Å². The summed E-state index contributed by atoms with van der Waals surface area (Å²) in [5.41, 5.74) is 3.75. The second kappa shape index (κ2) is 10.3. The molecule has 2 aromatic rings. The van der Waals surface area contributed by atoms with Crippen molar-refractivity contribution in [2.24, 2.45) is 0 Å². The van der Waals surface area contributed by atoms with Gasteiger partial charge in [-0.15, -0.1) is 0 Å². The molecule has 1 N–H and O–H groups in total. The topological polar surface area (TPSA) is 40.0 Å². The molecule has 1 aliphatic rings. The summed E-state index contributed by atoms with van der Waals surface area (Å²) in [6.07, 6.45) is 4.04. The van der Waals surface area contributed by atoms with Gasteiger partial charge in [0.1, 0.15) is 24.6 Å². The first-order valence-electron chi connectivity index (χ1n) is 10.8. The van der Waals surface area contributed by atoms with Crippen molar-refractivity contribution in [3.8, 4) is 11.5 Å². The number of ketones is 1. The maximum atomic E-state index is 13.2. The van der Waals surface area contributed by atoms with Gasteiger partial charge in [-0.3, -0.25) is 4.79 Å². The minimum atomic E-state index is 0.141. The molecule has 0 spiro atoms. The van der Waals surface area contributed by atoms with Crippen molar-refractivity contribution in [1.29, 1.82) is 0 Å². The van der Waals surface area contributed by atoms with Crippen LogP contribution >= 0.6 is 0 Å². The lowest BCUT2D eigenvalue weighted by molar-refractivity contribution is -0.912. The van der Waals surface area contributed by atoms with Crippen LogP contribution in [0.5, 0.6) is 11.5 Å². The fraction of sp³-hybridized carbons (Fsp3) is 0.346. The van der Waals surface area contributed by atoms with Crippen LogP contribution in [0.4, 0.5) is 0 Å². The Morgan fingerprint density at radius 2 is 1.20 bits per heavy atom. The maximum absolute atomic E-state index is 13.2. The van der Waals surface area contributed by atoms with Crippen LogP contribution in [0, 0.1) is 0 Å². The predicted octanol–water partition coefficient (Wildman–Crippen LogP) is 3.83. The first-order chi connectivity index (χ1) is 14.5. The van der Waals surface area contributed by atoms with Crippen molar-refractivity contribution in [1.82, 2.24) is 0 Å². The van der Waals surface area contributed by atoms with Gasteiger partial charge in [0.15, 0.2) is 5.78 Å². The zero-order valence-electron chi connectivity index (χ0n) is 18.4. The highest BCUT2D eigenvalue weighted by atomic mass is 16.5. The van der Waals surface area contributed by atoms with E-state index in [-0.39, 0.29) is 5.78 Å². The van der Waals surface area contributed by atoms with Gasteiger partial charge in [-0.1, -0.05) is 24.3 Å². The molecular formula is C26H32NO3+. The number of Topliss-reactive ketones (excluding diaryl/α,β-unsaturated/α-hetero) is 1. The zero-order chi connectivity index (χ0) is 21.5. The Hall–Kier alpha value is -2.85. The lowest BCUT2D eigenvalue weighted by Crippen LogP contribution is -3.16. The summed E-state index contributed by atoms with van der Waals surface area (Å²) in [6.45, 7) is 11.1. The molecule has 0 aliphatic carbocycles. The van der Waals surface area contributed by atoms with Gasteiger partial charge < -0.3 is 14.4 Å². The largest absolute Gasteiger partial charge is 0.494 e. The van der Waals surface area contributed by atoms with Crippen molar-refractivity contribution < 1.29 is 19.2 Å². The van der Waals surface area contributed by atoms with Gasteiger partial charge in [-0.2, -0.15) is 0 Å². The van der Waals surface area contributed by atoms with E-state index in [4.69, 9.17) is 9.47 Å². The minimum Gasteiger partial charge on any atom is -0.494 e. The summed E-state index contributed by atoms with van der Waals surface area (Å²) in [5, 5.41) is 0. The molecule has 0 amide bonds. The molecule has 0 saturated carbocycles. The van der Waals surface area contributed by atoms with Crippen LogP contribution in [-0.4, -0.2) is 38.1 Å². The first-order valence-corrected chi connectivity index (χ1v) is 10.8. The third-order valence-electron chi connectivity index (χ3n) is 5.30. The van der Waals surface area contributed by atoms with Crippen LogP contribution in [-0.2, 0) is 4.79 Å². The standard InChI is InChI=1S/C26H31NO3/c1-5-29-24-11-7-20(8-12-24)15-22-17-27(19(3)4)18-23(26(22)28)16-21-9-13-25(14-10-21)30-6-2/h7-16,19H,5-6,17-18H2,1-4H3/p+1/b22-15-,23-16-. The number of hydrogen-bond acceptors (Lipinski definition) is 3. The van der Waals surface area contributed by atoms with Crippen molar-refractivity contribution in [2.75, 3.05) is 26.3 Å². The molecule has 158 valence electrons. The molecule has 0 radical (unpaired) electrons. The molecule has 1 heterocycles. The Kier molecular flexibility index (Phi) is 7.47. The van der Waals surface area contributed by atoms with E-state index < -0.39 is 0 Å². The second-order valence-electron chi connectivity index (χ2n) is 7.84. The van der Waals surface area contributed by atoms with Crippen LogP contribution in [0.3, 0.4) is 0 Å². The van der Waals surface area contributed by atoms with E-state index in [0.29, 0.717) is 19.3 Å². The van der Waals surface area contributed by atoms with Gasteiger partial charge in [0.2, 0.25) is 0 Å². The van der Waals surface area contributed by atoms with Crippen LogP contribution in [0.25, 0.3) is 12.2 Å². The number of ether oxygens (including phenoxy) is 2. The number of hydrogen-bond donors (Lipinski definition) is 1. The Morgan fingerprint density at radius 3 is 1.53 bits per heavy atom. The van der Waals surface area contributed by atoms with Crippen molar-refractivity contribution in [3.05, 3.63) is 70.8 Å². The maximum Gasteiger partial charge on any atom is 0.196 e. The zero-order valence-corrected chi connectivity index (χ0v) is 18.4. The molecule has 2 aromatic carbocycles. The van der Waals surface area contributed by atoms with E-state index in [0.717, 1.165) is 46.9 Å². The van der Waals surface area contributed by atoms with Crippen LogP contribution in [0.2, 0.25) is 0 Å². The molecule has 3 rings (SSSR count). The number of piperidine rings is 1. The van der Waals surface area contributed by atoms with Crippen molar-refractivity contribution in [2.45, 2.75) is 33.7 Å². The van der Waals surface area contributed by atoms with Gasteiger partial charge in [-0.25, -0.2) is 0 Å². The molecule has 30 heavy (non-hydrogen) atoms. The molecule has 0 bridgehead atoms. The van der Waals surface area contributed by atoms with E-state index >= 15 is 0 Å². The third-order valence-corrected chi connectivity index (χ3v) is 5.30. The van der Waals surface area contributed by atoms with E-state index in [9.17, 15) is 4.79 Å². The monoisotopic (exact) mass is 406 g/mol. The lowest BCUT2D eigenvalue weighted by Gasteiger charge is -2.30. The van der Waals surface area contributed by atoms with Gasteiger partial charge in [-0.05, 0) is 75.2 Å². The predicted molar refractivity (Wildman–Crippen MR) is 122 cm³/mol. The van der Waals surface area contributed by atoms with Crippen LogP contribution < -0.4 is 14.4 Å². The molecule has 4 nitrogen and oxygen atoms in total. The normalized spacial score (nSPS) is 19.5. The summed E-state index contributed by atoms with van der Waals surface area (Å²) < 4.78 is 11.0. The van der Waals surface area contributed by atoms with Crippen LogP contribution in [0.15, 0.2) is 59.7 Å². The molecule has 0 atom stereocenters. The van der Waals surface area contributed by atoms with Gasteiger partial charge >= 0.3 is 0 Å². The number of quaternary nitrogens is 1. The number of rotatable bonds is 7. The first kappa shape index (κ1) is 21.8. The number of likely N-dealkylation sites (tertiary alicyclic amines) is 1. The van der Waals surface area contributed by atoms with Crippen molar-refractivity contribution in [3.63, 3.8) is 0 Å². The molecule has 1 aliphatic heterocycles. The number of carbonyl (C=O) groups is 1. The van der Waals surface area contributed by atoms with Crippen molar-refractivity contribution >= 4 is 17.9 Å². The Morgan fingerprint density at radius 1 is 0.800 bits per heavy atom. The number of carbonyl (C=O) groups excluding carboxylic acids is 1. The Labute approximate surface area is 179 Å². The summed E-state index contributed by atoms with van der Waals surface area (Å²) in [5.74, 6) is 1.84. The van der Waals surface area contributed by atoms with Gasteiger partial charge in [0.05, 0.1) is 30.4 Å². The Balaban J connectivity index is 1.87. The lowest BCUT2D eigenvalue weighted by atomic mass is 9.93. The summed E-state index contributed by atoms with van der Waals surface area (Å²) in [6, 6.07) is 16.3. The third kappa shape index (κ3) is 5.61. The molecule has 0 aromatic heterocycles. The highest BCUT2D eigenvalue weighted by Gasteiger charge is 2.30. The fourth-order valence-corrected chi connectivity index (χ4v) is 3.62. The average molecular weight is 407 g/mol. The van der Waals surface area contributed by atoms with Gasteiger partial charge in [0, 0.05) is 0 Å². The highest BCUT2D eigenvalue weighted by Crippen LogP contribution is 2.20. The smallest absolute Gasteiger partial charge is 0.196 e. The van der Waals surface area contributed by atoms with E-state index in [1.807, 2.05) is 74.5 Å². The molecule has 1 saturated heterocycles. The number of nitrogens with one attached hydrogen (secondary N) is 1. The van der Waals surface area contributed by atoms with Gasteiger partial charge in [0.25, 0.3) is 0 Å². The minimum absolute atomic E-state index is 0.141. The highest BCUT2D eigenvalue weighted by molar-refractivity contribution is 6.14. The summed E-state index contributed by atoms with van der Waals surface area (Å²) >= 11 is 0. The molecular weight excluding hydrogens is 374 g/mol. The van der Waals surface area contributed by atoms with Crippen LogP contribution in [0.1, 0.15) is 38.8 Å². The molecule has 1 fully saturated rings.